The van der Waals surface area contributed by atoms with E-state index in [1.165, 1.54) is 25.2 Å². The van der Waals surface area contributed by atoms with Crippen LogP contribution in [-0.4, -0.2) is 29.6 Å². The number of benzene rings is 2. The lowest BCUT2D eigenvalue weighted by Crippen LogP contribution is -2.37. The third-order valence-electron chi connectivity index (χ3n) is 4.99. The van der Waals surface area contributed by atoms with Gasteiger partial charge in [-0.1, -0.05) is 48.0 Å². The Labute approximate surface area is 181 Å². The fourth-order valence-corrected chi connectivity index (χ4v) is 4.23. The highest BCUT2D eigenvalue weighted by molar-refractivity contribution is 7.87. The number of aromatic nitrogens is 2. The maximum absolute atomic E-state index is 14.0. The molecule has 1 N–H and O–H groups in total. The van der Waals surface area contributed by atoms with Gasteiger partial charge in [0.1, 0.15) is 5.82 Å². The average Bonchev–Trinajstić information content (AvgIpc) is 2.96. The SMILES string of the molecule is Cc1nn(Cc2ccccc2)c(C)c1CNS(=O)(=O)N(C)Cc1c(F)cccc1Cl. The van der Waals surface area contributed by atoms with Crippen molar-refractivity contribution < 1.29 is 12.8 Å². The van der Waals surface area contributed by atoms with Crippen LogP contribution in [0.4, 0.5) is 4.39 Å². The van der Waals surface area contributed by atoms with Gasteiger partial charge in [-0.15, -0.1) is 0 Å². The summed E-state index contributed by atoms with van der Waals surface area (Å²) < 4.78 is 44.8. The molecule has 0 fully saturated rings. The topological polar surface area (TPSA) is 67.2 Å². The molecule has 2 aromatic carbocycles. The average molecular weight is 451 g/mol. The number of nitrogens with zero attached hydrogens (tertiary/aromatic N) is 3. The standard InChI is InChI=1S/C21H24ClFN4O2S/c1-15-18(16(2)27(25-15)13-17-8-5-4-6-9-17)12-24-30(28,29)26(3)14-19-20(22)10-7-11-21(19)23/h4-11,24H,12-14H2,1-3H3. The van der Waals surface area contributed by atoms with Crippen LogP contribution >= 0.6 is 11.6 Å². The first kappa shape index (κ1) is 22.4. The number of rotatable bonds is 8. The summed E-state index contributed by atoms with van der Waals surface area (Å²) in [7, 11) is -2.47. The van der Waals surface area contributed by atoms with Gasteiger partial charge in [0.2, 0.25) is 0 Å². The summed E-state index contributed by atoms with van der Waals surface area (Å²) in [6.07, 6.45) is 0. The summed E-state index contributed by atoms with van der Waals surface area (Å²) in [5.74, 6) is -0.543. The molecule has 0 spiro atoms. The highest BCUT2D eigenvalue weighted by Gasteiger charge is 2.22. The summed E-state index contributed by atoms with van der Waals surface area (Å²) in [4.78, 5) is 0. The van der Waals surface area contributed by atoms with E-state index in [0.29, 0.717) is 6.54 Å². The number of hydrogen-bond donors (Lipinski definition) is 1. The molecule has 160 valence electrons. The number of hydrogen-bond acceptors (Lipinski definition) is 3. The smallest absolute Gasteiger partial charge is 0.265 e. The van der Waals surface area contributed by atoms with E-state index in [1.54, 1.807) is 0 Å². The van der Waals surface area contributed by atoms with Gasteiger partial charge in [-0.3, -0.25) is 4.68 Å². The minimum absolute atomic E-state index is 0.0874. The molecule has 0 amide bonds. The molecule has 1 aromatic heterocycles. The van der Waals surface area contributed by atoms with Gasteiger partial charge in [0.15, 0.2) is 0 Å². The minimum Gasteiger partial charge on any atom is -0.265 e. The molecular weight excluding hydrogens is 427 g/mol. The normalized spacial score (nSPS) is 11.9. The van der Waals surface area contributed by atoms with Crippen molar-refractivity contribution in [2.75, 3.05) is 7.05 Å². The largest absolute Gasteiger partial charge is 0.279 e. The van der Waals surface area contributed by atoms with Gasteiger partial charge in [0.25, 0.3) is 10.2 Å². The van der Waals surface area contributed by atoms with E-state index < -0.39 is 16.0 Å². The Morgan fingerprint density at radius 2 is 1.80 bits per heavy atom. The van der Waals surface area contributed by atoms with Crippen LogP contribution in [0.25, 0.3) is 0 Å². The van der Waals surface area contributed by atoms with Gasteiger partial charge < -0.3 is 0 Å². The molecule has 0 aliphatic carbocycles. The van der Waals surface area contributed by atoms with Gasteiger partial charge in [-0.25, -0.2) is 4.39 Å². The van der Waals surface area contributed by atoms with Gasteiger partial charge in [-0.05, 0) is 31.5 Å². The second-order valence-electron chi connectivity index (χ2n) is 7.08. The van der Waals surface area contributed by atoms with Crippen LogP contribution in [0.15, 0.2) is 48.5 Å². The van der Waals surface area contributed by atoms with E-state index in [9.17, 15) is 12.8 Å². The maximum Gasteiger partial charge on any atom is 0.279 e. The molecule has 0 radical (unpaired) electrons. The molecule has 0 saturated carbocycles. The highest BCUT2D eigenvalue weighted by atomic mass is 35.5. The van der Waals surface area contributed by atoms with E-state index in [0.717, 1.165) is 26.8 Å². The van der Waals surface area contributed by atoms with Gasteiger partial charge in [0.05, 0.1) is 12.2 Å². The number of aryl methyl sites for hydroxylation is 1. The molecule has 0 aliphatic rings. The summed E-state index contributed by atoms with van der Waals surface area (Å²) in [6.45, 7) is 4.28. The molecule has 9 heteroatoms. The third-order valence-corrected chi connectivity index (χ3v) is 6.80. The summed E-state index contributed by atoms with van der Waals surface area (Å²) in [5, 5.41) is 4.73. The van der Waals surface area contributed by atoms with Crippen molar-refractivity contribution in [3.8, 4) is 0 Å². The second kappa shape index (κ2) is 9.26. The number of nitrogens with one attached hydrogen (secondary N) is 1. The van der Waals surface area contributed by atoms with Crippen LogP contribution < -0.4 is 4.72 Å². The molecule has 3 rings (SSSR count). The van der Waals surface area contributed by atoms with E-state index in [-0.39, 0.29) is 23.7 Å². The van der Waals surface area contributed by atoms with Crippen molar-refractivity contribution in [1.82, 2.24) is 18.8 Å². The summed E-state index contributed by atoms with van der Waals surface area (Å²) in [5.41, 5.74) is 3.70. The minimum atomic E-state index is -3.85. The maximum atomic E-state index is 14.0. The first-order valence-electron chi connectivity index (χ1n) is 9.39. The van der Waals surface area contributed by atoms with Crippen LogP contribution in [0, 0.1) is 19.7 Å². The van der Waals surface area contributed by atoms with Crippen LogP contribution in [0.3, 0.4) is 0 Å². The third kappa shape index (κ3) is 5.07. The molecule has 0 atom stereocenters. The Kier molecular flexibility index (Phi) is 6.92. The fourth-order valence-electron chi connectivity index (χ4n) is 3.16. The molecular formula is C21H24ClFN4O2S. The first-order chi connectivity index (χ1) is 14.2. The van der Waals surface area contributed by atoms with E-state index in [2.05, 4.69) is 9.82 Å². The second-order valence-corrected chi connectivity index (χ2v) is 9.34. The Morgan fingerprint density at radius 3 is 2.47 bits per heavy atom. The summed E-state index contributed by atoms with van der Waals surface area (Å²) in [6, 6.07) is 14.2. The molecule has 0 saturated heterocycles. The van der Waals surface area contributed by atoms with Crippen molar-refractivity contribution in [2.24, 2.45) is 0 Å². The highest BCUT2D eigenvalue weighted by Crippen LogP contribution is 2.21. The van der Waals surface area contributed by atoms with Crippen molar-refractivity contribution in [1.29, 1.82) is 0 Å². The van der Waals surface area contributed by atoms with Crippen LogP contribution in [0.5, 0.6) is 0 Å². The Hall–Kier alpha value is -2.26. The fraction of sp³-hybridized carbons (Fsp3) is 0.286. The van der Waals surface area contributed by atoms with Gasteiger partial charge in [0, 0.05) is 42.0 Å². The molecule has 1 heterocycles. The Bertz CT molecular complexity index is 1110. The van der Waals surface area contributed by atoms with Crippen LogP contribution in [-0.2, 0) is 29.8 Å². The zero-order valence-electron chi connectivity index (χ0n) is 17.1. The van der Waals surface area contributed by atoms with Crippen LogP contribution in [0.1, 0.15) is 28.1 Å². The molecule has 0 bridgehead atoms. The molecule has 3 aromatic rings. The van der Waals surface area contributed by atoms with E-state index in [1.807, 2.05) is 48.9 Å². The lowest BCUT2D eigenvalue weighted by atomic mass is 10.2. The first-order valence-corrected chi connectivity index (χ1v) is 11.2. The molecule has 0 aliphatic heterocycles. The lowest BCUT2D eigenvalue weighted by molar-refractivity contribution is 0.446. The van der Waals surface area contributed by atoms with Gasteiger partial charge >= 0.3 is 0 Å². The molecule has 6 nitrogen and oxygen atoms in total. The Morgan fingerprint density at radius 1 is 1.10 bits per heavy atom. The zero-order valence-corrected chi connectivity index (χ0v) is 18.6. The van der Waals surface area contributed by atoms with Crippen LogP contribution in [0.2, 0.25) is 5.02 Å². The molecule has 0 unspecified atom stereocenters. The van der Waals surface area contributed by atoms with Crippen molar-refractivity contribution >= 4 is 21.8 Å². The van der Waals surface area contributed by atoms with Crippen molar-refractivity contribution in [3.63, 3.8) is 0 Å². The van der Waals surface area contributed by atoms with E-state index >= 15 is 0 Å². The predicted molar refractivity (Wildman–Crippen MR) is 116 cm³/mol. The summed E-state index contributed by atoms with van der Waals surface area (Å²) >= 11 is 6.01. The van der Waals surface area contributed by atoms with Crippen molar-refractivity contribution in [3.05, 3.63) is 87.4 Å². The van der Waals surface area contributed by atoms with Gasteiger partial charge in [-0.2, -0.15) is 22.5 Å². The Balaban J connectivity index is 1.71. The quantitative estimate of drug-likeness (QED) is 0.567. The predicted octanol–water partition coefficient (Wildman–Crippen LogP) is 3.81. The molecule has 30 heavy (non-hydrogen) atoms. The zero-order chi connectivity index (χ0) is 21.9. The number of halogens is 2. The lowest BCUT2D eigenvalue weighted by Gasteiger charge is -2.19. The van der Waals surface area contributed by atoms with E-state index in [4.69, 9.17) is 11.6 Å². The monoisotopic (exact) mass is 450 g/mol. The van der Waals surface area contributed by atoms with Crippen molar-refractivity contribution in [2.45, 2.75) is 33.5 Å².